The molecule has 0 radical (unpaired) electrons. The second-order valence-corrected chi connectivity index (χ2v) is 6.67. The monoisotopic (exact) mass is 379 g/mol. The summed E-state index contributed by atoms with van der Waals surface area (Å²) in [7, 11) is 1.56. The fourth-order valence-electron chi connectivity index (χ4n) is 3.77. The van der Waals surface area contributed by atoms with Gasteiger partial charge in [0.15, 0.2) is 5.92 Å². The van der Waals surface area contributed by atoms with Crippen molar-refractivity contribution in [3.05, 3.63) is 39.4 Å². The summed E-state index contributed by atoms with van der Waals surface area (Å²) >= 11 is 0. The molecule has 8 nitrogen and oxygen atoms in total. The number of carbonyl (C=O) groups excluding carboxylic acids is 1. The maximum absolute atomic E-state index is 12.2. The van der Waals surface area contributed by atoms with Crippen molar-refractivity contribution in [2.75, 3.05) is 20.3 Å². The van der Waals surface area contributed by atoms with Gasteiger partial charge in [0.1, 0.15) is 5.75 Å². The number of carboxylic acid groups (broad SMARTS) is 1. The molecular weight excluding hydrogens is 354 g/mol. The fourth-order valence-corrected chi connectivity index (χ4v) is 3.77. The molecule has 2 rings (SSSR count). The maximum atomic E-state index is 12.2. The number of benzene rings is 1. The summed E-state index contributed by atoms with van der Waals surface area (Å²) < 4.78 is 10.3. The van der Waals surface area contributed by atoms with Gasteiger partial charge in [0.05, 0.1) is 19.6 Å². The molecule has 1 saturated carbocycles. The SMILES string of the molecule is CCOC(=O)[C@@H](C(=O)O)C(C[N+](=O)[O-])c1ccc(OC)c(C2CCCC2)c1. The quantitative estimate of drug-likeness (QED) is 0.303. The molecule has 1 aromatic carbocycles. The number of hydrogen-bond acceptors (Lipinski definition) is 6. The molecule has 1 unspecified atom stereocenters. The van der Waals surface area contributed by atoms with Gasteiger partial charge < -0.3 is 14.6 Å². The Morgan fingerprint density at radius 3 is 2.52 bits per heavy atom. The number of esters is 1. The summed E-state index contributed by atoms with van der Waals surface area (Å²) in [4.78, 5) is 34.5. The van der Waals surface area contributed by atoms with Gasteiger partial charge in [-0.15, -0.1) is 0 Å². The van der Waals surface area contributed by atoms with Crippen LogP contribution >= 0.6 is 0 Å². The van der Waals surface area contributed by atoms with E-state index >= 15 is 0 Å². The first-order valence-electron chi connectivity index (χ1n) is 9.08. The Bertz CT molecular complexity index is 697. The van der Waals surface area contributed by atoms with Gasteiger partial charge in [-0.2, -0.15) is 0 Å². The number of methoxy groups -OCH3 is 1. The van der Waals surface area contributed by atoms with E-state index in [-0.39, 0.29) is 12.5 Å². The minimum Gasteiger partial charge on any atom is -0.496 e. The Morgan fingerprint density at radius 1 is 1.33 bits per heavy atom. The minimum absolute atomic E-state index is 0.00370. The van der Waals surface area contributed by atoms with Gasteiger partial charge >= 0.3 is 11.9 Å². The van der Waals surface area contributed by atoms with Crippen LogP contribution < -0.4 is 4.74 Å². The van der Waals surface area contributed by atoms with E-state index in [4.69, 9.17) is 9.47 Å². The van der Waals surface area contributed by atoms with Gasteiger partial charge in [0.2, 0.25) is 6.54 Å². The van der Waals surface area contributed by atoms with Crippen LogP contribution in [-0.4, -0.2) is 42.2 Å². The second kappa shape index (κ2) is 9.34. The van der Waals surface area contributed by atoms with Crippen molar-refractivity contribution in [1.82, 2.24) is 0 Å². The van der Waals surface area contributed by atoms with Crippen molar-refractivity contribution < 1.29 is 29.1 Å². The van der Waals surface area contributed by atoms with Crippen molar-refractivity contribution in [3.63, 3.8) is 0 Å². The molecule has 27 heavy (non-hydrogen) atoms. The number of rotatable bonds is 9. The van der Waals surface area contributed by atoms with Crippen LogP contribution in [0, 0.1) is 16.0 Å². The molecule has 1 N–H and O–H groups in total. The molecule has 0 heterocycles. The normalized spacial score (nSPS) is 16.5. The lowest BCUT2D eigenvalue weighted by Crippen LogP contribution is -2.35. The number of aliphatic carboxylic acids is 1. The third-order valence-electron chi connectivity index (χ3n) is 5.03. The van der Waals surface area contributed by atoms with E-state index in [0.717, 1.165) is 31.2 Å². The summed E-state index contributed by atoms with van der Waals surface area (Å²) in [5.74, 6) is -4.22. The number of carboxylic acids is 1. The highest BCUT2D eigenvalue weighted by molar-refractivity contribution is 5.95. The molecule has 1 aliphatic carbocycles. The van der Waals surface area contributed by atoms with Crippen molar-refractivity contribution in [1.29, 1.82) is 0 Å². The predicted octanol–water partition coefficient (Wildman–Crippen LogP) is 2.98. The lowest BCUT2D eigenvalue weighted by molar-refractivity contribution is -0.484. The zero-order valence-corrected chi connectivity index (χ0v) is 15.6. The van der Waals surface area contributed by atoms with E-state index in [1.807, 2.05) is 0 Å². The summed E-state index contributed by atoms with van der Waals surface area (Å²) in [6.45, 7) is 0.890. The fraction of sp³-hybridized carbons (Fsp3) is 0.579. The van der Waals surface area contributed by atoms with Gasteiger partial charge in [-0.1, -0.05) is 25.0 Å². The van der Waals surface area contributed by atoms with E-state index < -0.39 is 35.2 Å². The molecule has 0 saturated heterocycles. The first kappa shape index (κ1) is 20.7. The minimum atomic E-state index is -1.64. The lowest BCUT2D eigenvalue weighted by atomic mass is 9.83. The highest BCUT2D eigenvalue weighted by atomic mass is 16.6. The van der Waals surface area contributed by atoms with Gasteiger partial charge in [-0.3, -0.25) is 19.7 Å². The molecule has 0 aliphatic heterocycles. The van der Waals surface area contributed by atoms with E-state index in [9.17, 15) is 24.8 Å². The van der Waals surface area contributed by atoms with Gasteiger partial charge in [-0.05, 0) is 42.9 Å². The molecule has 2 atom stereocenters. The standard InChI is InChI=1S/C19H25NO7/c1-3-27-19(23)17(18(21)22)15(11-20(24)25)13-8-9-16(26-2)14(10-13)12-6-4-5-7-12/h8-10,12,15,17H,3-7,11H2,1-2H3,(H,21,22)/t15?,17-/m1/s1. The second-order valence-electron chi connectivity index (χ2n) is 6.67. The molecule has 8 heteroatoms. The molecule has 0 bridgehead atoms. The van der Waals surface area contributed by atoms with Crippen LogP contribution in [0.2, 0.25) is 0 Å². The molecule has 0 amide bonds. The Kier molecular flexibility index (Phi) is 7.15. The van der Waals surface area contributed by atoms with E-state index in [1.54, 1.807) is 32.2 Å². The molecular formula is C19H25NO7. The highest BCUT2D eigenvalue weighted by Gasteiger charge is 2.40. The Balaban J connectivity index is 2.48. The summed E-state index contributed by atoms with van der Waals surface area (Å²) in [5.41, 5.74) is 1.35. The largest absolute Gasteiger partial charge is 0.496 e. The number of nitrogens with zero attached hydrogens (tertiary/aromatic N) is 1. The molecule has 0 spiro atoms. The Hall–Kier alpha value is -2.64. The molecule has 1 aromatic rings. The smallest absolute Gasteiger partial charge is 0.321 e. The number of hydrogen-bond donors (Lipinski definition) is 1. The number of carbonyl (C=O) groups is 2. The van der Waals surface area contributed by atoms with E-state index in [2.05, 4.69) is 0 Å². The Morgan fingerprint density at radius 2 is 2.00 bits per heavy atom. The van der Waals surface area contributed by atoms with Crippen LogP contribution in [0.15, 0.2) is 18.2 Å². The summed E-state index contributed by atoms with van der Waals surface area (Å²) in [6, 6.07) is 5.05. The predicted molar refractivity (Wildman–Crippen MR) is 96.6 cm³/mol. The third kappa shape index (κ3) is 4.96. The average Bonchev–Trinajstić information content (AvgIpc) is 3.14. The first-order chi connectivity index (χ1) is 12.9. The first-order valence-corrected chi connectivity index (χ1v) is 9.08. The van der Waals surface area contributed by atoms with Crippen molar-refractivity contribution in [2.24, 2.45) is 5.92 Å². The van der Waals surface area contributed by atoms with Crippen LogP contribution in [0.25, 0.3) is 0 Å². The highest BCUT2D eigenvalue weighted by Crippen LogP contribution is 2.41. The van der Waals surface area contributed by atoms with Gasteiger partial charge in [0, 0.05) is 4.92 Å². The van der Waals surface area contributed by atoms with Crippen molar-refractivity contribution in [2.45, 2.75) is 44.4 Å². The molecule has 148 valence electrons. The average molecular weight is 379 g/mol. The number of nitro groups is 1. The molecule has 1 fully saturated rings. The van der Waals surface area contributed by atoms with Crippen molar-refractivity contribution >= 4 is 11.9 Å². The number of ether oxygens (including phenoxy) is 2. The zero-order valence-electron chi connectivity index (χ0n) is 15.6. The topological polar surface area (TPSA) is 116 Å². The summed E-state index contributed by atoms with van der Waals surface area (Å²) in [6.07, 6.45) is 4.16. The maximum Gasteiger partial charge on any atom is 0.321 e. The van der Waals surface area contributed by atoms with Crippen LogP contribution in [0.4, 0.5) is 0 Å². The third-order valence-corrected chi connectivity index (χ3v) is 5.03. The molecule has 0 aromatic heterocycles. The van der Waals surface area contributed by atoms with Gasteiger partial charge in [-0.25, -0.2) is 0 Å². The molecule has 1 aliphatic rings. The van der Waals surface area contributed by atoms with Gasteiger partial charge in [0.25, 0.3) is 0 Å². The van der Waals surface area contributed by atoms with Crippen molar-refractivity contribution in [3.8, 4) is 5.75 Å². The van der Waals surface area contributed by atoms with Crippen LogP contribution in [0.5, 0.6) is 5.75 Å². The van der Waals surface area contributed by atoms with Crippen LogP contribution in [0.1, 0.15) is 55.6 Å². The summed E-state index contributed by atoms with van der Waals surface area (Å²) in [5, 5.41) is 20.7. The zero-order chi connectivity index (χ0) is 20.0. The van der Waals surface area contributed by atoms with E-state index in [1.165, 1.54) is 0 Å². The van der Waals surface area contributed by atoms with Crippen LogP contribution in [0.3, 0.4) is 0 Å². The van der Waals surface area contributed by atoms with E-state index in [0.29, 0.717) is 11.3 Å². The Labute approximate surface area is 157 Å². The van der Waals surface area contributed by atoms with Crippen LogP contribution in [-0.2, 0) is 14.3 Å². The lowest BCUT2D eigenvalue weighted by Gasteiger charge is -2.22.